The molecule has 2 aromatic carbocycles. The van der Waals surface area contributed by atoms with Gasteiger partial charge in [-0.1, -0.05) is 54.1 Å². The summed E-state index contributed by atoms with van der Waals surface area (Å²) in [4.78, 5) is 0. The van der Waals surface area contributed by atoms with E-state index in [0.717, 1.165) is 10.9 Å². The molecule has 0 saturated carbocycles. The Kier molecular flexibility index (Phi) is 3.28. The Morgan fingerprint density at radius 3 is 2.55 bits per heavy atom. The largest absolute Gasteiger partial charge is 0.456 e. The summed E-state index contributed by atoms with van der Waals surface area (Å²) in [5.41, 5.74) is 0.616. The topological polar surface area (TPSA) is 33.4 Å². The average molecular weight is 287 g/mol. The minimum atomic E-state index is -1.07. The summed E-state index contributed by atoms with van der Waals surface area (Å²) in [7, 11) is 0. The van der Waals surface area contributed by atoms with Crippen molar-refractivity contribution in [3.8, 4) is 0 Å². The number of hydrogen-bond acceptors (Lipinski definition) is 2. The summed E-state index contributed by atoms with van der Waals surface area (Å²) >= 11 is 6.11. The highest BCUT2D eigenvalue weighted by molar-refractivity contribution is 6.34. The molecule has 0 radical (unpaired) electrons. The Bertz CT molecular complexity index is 729. The summed E-state index contributed by atoms with van der Waals surface area (Å²) < 4.78 is 5.75. The third-order valence-electron chi connectivity index (χ3n) is 3.42. The summed E-state index contributed by atoms with van der Waals surface area (Å²) in [6.45, 7) is 1.76. The van der Waals surface area contributed by atoms with Crippen LogP contribution in [0.3, 0.4) is 0 Å². The molecule has 1 aromatic heterocycles. The molecule has 20 heavy (non-hydrogen) atoms. The Hall–Kier alpha value is -1.77. The Morgan fingerprint density at radius 2 is 1.85 bits per heavy atom. The van der Waals surface area contributed by atoms with Crippen LogP contribution in [-0.2, 0) is 12.0 Å². The van der Waals surface area contributed by atoms with Gasteiger partial charge in [-0.05, 0) is 24.6 Å². The molecule has 102 valence electrons. The molecular weight excluding hydrogens is 272 g/mol. The highest BCUT2D eigenvalue weighted by Gasteiger charge is 2.28. The smallest absolute Gasteiger partial charge is 0.153 e. The highest BCUT2D eigenvalue weighted by atomic mass is 35.5. The lowest BCUT2D eigenvalue weighted by Crippen LogP contribution is -2.23. The van der Waals surface area contributed by atoms with E-state index in [0.29, 0.717) is 22.8 Å². The zero-order valence-electron chi connectivity index (χ0n) is 11.1. The maximum Gasteiger partial charge on any atom is 0.153 e. The molecule has 0 fully saturated rings. The SMILES string of the molecule is CC(O)(Cc1ccccc1)c1cc2cccc(Cl)c2o1. The van der Waals surface area contributed by atoms with Crippen LogP contribution >= 0.6 is 11.6 Å². The molecule has 3 heteroatoms. The van der Waals surface area contributed by atoms with Crippen molar-refractivity contribution in [1.29, 1.82) is 0 Å². The normalized spacial score (nSPS) is 14.3. The summed E-state index contributed by atoms with van der Waals surface area (Å²) in [5, 5.41) is 12.2. The molecule has 1 atom stereocenters. The van der Waals surface area contributed by atoms with Gasteiger partial charge >= 0.3 is 0 Å². The molecule has 2 nitrogen and oxygen atoms in total. The number of hydrogen-bond donors (Lipinski definition) is 1. The number of rotatable bonds is 3. The first kappa shape index (κ1) is 13.2. The van der Waals surface area contributed by atoms with Crippen LogP contribution in [0.4, 0.5) is 0 Å². The third kappa shape index (κ3) is 2.45. The van der Waals surface area contributed by atoms with Crippen LogP contribution in [0.5, 0.6) is 0 Å². The maximum absolute atomic E-state index is 10.7. The van der Waals surface area contributed by atoms with Crippen LogP contribution < -0.4 is 0 Å². The molecule has 0 saturated heterocycles. The Labute approximate surface area is 122 Å². The van der Waals surface area contributed by atoms with E-state index in [-0.39, 0.29) is 0 Å². The molecule has 0 aliphatic carbocycles. The molecule has 1 heterocycles. The van der Waals surface area contributed by atoms with E-state index in [1.165, 1.54) is 0 Å². The van der Waals surface area contributed by atoms with E-state index in [1.807, 2.05) is 48.5 Å². The maximum atomic E-state index is 10.7. The molecular formula is C17H15ClO2. The van der Waals surface area contributed by atoms with Gasteiger partial charge in [0.2, 0.25) is 0 Å². The van der Waals surface area contributed by atoms with E-state index in [4.69, 9.17) is 16.0 Å². The summed E-state index contributed by atoms with van der Waals surface area (Å²) in [6, 6.07) is 17.3. The molecule has 0 aliphatic heterocycles. The predicted octanol–water partition coefficient (Wildman–Crippen LogP) is 4.54. The van der Waals surface area contributed by atoms with E-state index >= 15 is 0 Å². The number of fused-ring (bicyclic) bond motifs is 1. The lowest BCUT2D eigenvalue weighted by atomic mass is 9.94. The van der Waals surface area contributed by atoms with E-state index in [9.17, 15) is 5.11 Å². The number of benzene rings is 2. The predicted molar refractivity (Wildman–Crippen MR) is 80.9 cm³/mol. The van der Waals surface area contributed by atoms with Gasteiger partial charge in [0.05, 0.1) is 5.02 Å². The lowest BCUT2D eigenvalue weighted by Gasteiger charge is -2.20. The van der Waals surface area contributed by atoms with Crippen LogP contribution in [0.15, 0.2) is 59.0 Å². The van der Waals surface area contributed by atoms with Crippen molar-refractivity contribution in [2.75, 3.05) is 0 Å². The van der Waals surface area contributed by atoms with Gasteiger partial charge in [0.1, 0.15) is 11.4 Å². The number of para-hydroxylation sites is 1. The molecule has 0 amide bonds. The first-order valence-corrected chi connectivity index (χ1v) is 6.89. The summed E-state index contributed by atoms with van der Waals surface area (Å²) in [5.74, 6) is 0.532. The monoisotopic (exact) mass is 286 g/mol. The van der Waals surface area contributed by atoms with Gasteiger partial charge in [-0.2, -0.15) is 0 Å². The van der Waals surface area contributed by atoms with Crippen LogP contribution in [0, 0.1) is 0 Å². The number of aliphatic hydroxyl groups is 1. The minimum Gasteiger partial charge on any atom is -0.456 e. The van der Waals surface area contributed by atoms with Gasteiger partial charge in [0.15, 0.2) is 5.58 Å². The summed E-state index contributed by atoms with van der Waals surface area (Å²) in [6.07, 6.45) is 0.491. The van der Waals surface area contributed by atoms with E-state index in [1.54, 1.807) is 13.0 Å². The number of furan rings is 1. The molecule has 0 aliphatic rings. The highest BCUT2D eigenvalue weighted by Crippen LogP contribution is 2.33. The second kappa shape index (κ2) is 4.97. The Balaban J connectivity index is 1.98. The van der Waals surface area contributed by atoms with Gasteiger partial charge in [0.25, 0.3) is 0 Å². The van der Waals surface area contributed by atoms with Crippen LogP contribution in [0.2, 0.25) is 5.02 Å². The molecule has 3 rings (SSSR count). The van der Waals surface area contributed by atoms with Crippen molar-refractivity contribution < 1.29 is 9.52 Å². The second-order valence-electron chi connectivity index (χ2n) is 5.21. The van der Waals surface area contributed by atoms with Crippen molar-refractivity contribution in [3.05, 3.63) is 70.9 Å². The van der Waals surface area contributed by atoms with Crippen molar-refractivity contribution in [3.63, 3.8) is 0 Å². The van der Waals surface area contributed by atoms with E-state index in [2.05, 4.69) is 0 Å². The van der Waals surface area contributed by atoms with Crippen LogP contribution in [0.25, 0.3) is 11.0 Å². The van der Waals surface area contributed by atoms with Gasteiger partial charge in [-0.3, -0.25) is 0 Å². The zero-order valence-corrected chi connectivity index (χ0v) is 11.9. The first-order valence-electron chi connectivity index (χ1n) is 6.51. The van der Waals surface area contributed by atoms with Gasteiger partial charge in [-0.25, -0.2) is 0 Å². The molecule has 0 bridgehead atoms. The standard InChI is InChI=1S/C17H15ClO2/c1-17(19,11-12-6-3-2-4-7-12)15-10-13-8-5-9-14(18)16(13)20-15/h2-10,19H,11H2,1H3. The molecule has 3 aromatic rings. The lowest BCUT2D eigenvalue weighted by molar-refractivity contribution is 0.0360. The van der Waals surface area contributed by atoms with Crippen LogP contribution in [0.1, 0.15) is 18.2 Å². The van der Waals surface area contributed by atoms with E-state index < -0.39 is 5.60 Å². The fourth-order valence-corrected chi connectivity index (χ4v) is 2.59. The number of halogens is 1. The van der Waals surface area contributed by atoms with Crippen molar-refractivity contribution in [1.82, 2.24) is 0 Å². The van der Waals surface area contributed by atoms with Gasteiger partial charge in [0, 0.05) is 11.8 Å². The molecule has 0 spiro atoms. The van der Waals surface area contributed by atoms with Crippen molar-refractivity contribution in [2.45, 2.75) is 18.9 Å². The third-order valence-corrected chi connectivity index (χ3v) is 3.72. The van der Waals surface area contributed by atoms with Crippen molar-refractivity contribution in [2.24, 2.45) is 0 Å². The quantitative estimate of drug-likeness (QED) is 0.767. The molecule has 1 unspecified atom stereocenters. The zero-order chi connectivity index (χ0) is 14.2. The second-order valence-corrected chi connectivity index (χ2v) is 5.61. The van der Waals surface area contributed by atoms with Gasteiger partial charge < -0.3 is 9.52 Å². The fourth-order valence-electron chi connectivity index (χ4n) is 2.37. The first-order chi connectivity index (χ1) is 9.56. The average Bonchev–Trinajstić information content (AvgIpc) is 2.86. The van der Waals surface area contributed by atoms with Crippen molar-refractivity contribution >= 4 is 22.6 Å². The van der Waals surface area contributed by atoms with Crippen LogP contribution in [-0.4, -0.2) is 5.11 Å². The Morgan fingerprint density at radius 1 is 1.10 bits per heavy atom. The molecule has 1 N–H and O–H groups in total. The fraction of sp³-hybridized carbons (Fsp3) is 0.176. The minimum absolute atomic E-state index is 0.491. The van der Waals surface area contributed by atoms with Gasteiger partial charge in [-0.15, -0.1) is 0 Å².